The zero-order chi connectivity index (χ0) is 17.5. The smallest absolute Gasteiger partial charge is 0.368 e. The summed E-state index contributed by atoms with van der Waals surface area (Å²) in [6.45, 7) is 2.30. The molecular weight excluding hydrogens is 386 g/mol. The summed E-state index contributed by atoms with van der Waals surface area (Å²) in [6, 6.07) is 17.0. The molecule has 0 saturated heterocycles. The second-order valence-electron chi connectivity index (χ2n) is 5.28. The summed E-state index contributed by atoms with van der Waals surface area (Å²) in [5.74, 6) is 0.845. The van der Waals surface area contributed by atoms with Crippen LogP contribution in [0.25, 0.3) is 5.69 Å². The van der Waals surface area contributed by atoms with Crippen molar-refractivity contribution in [2.75, 3.05) is 19.7 Å². The van der Waals surface area contributed by atoms with Crippen LogP contribution in [0.3, 0.4) is 0 Å². The minimum absolute atomic E-state index is 0.260. The maximum Gasteiger partial charge on any atom is 0.368 e. The van der Waals surface area contributed by atoms with E-state index in [2.05, 4.69) is 31.7 Å². The molecule has 8 heteroatoms. The lowest BCUT2D eigenvalue weighted by Crippen LogP contribution is -2.30. The van der Waals surface area contributed by atoms with E-state index in [-0.39, 0.29) is 5.69 Å². The van der Waals surface area contributed by atoms with Crippen LogP contribution in [-0.4, -0.2) is 39.5 Å². The van der Waals surface area contributed by atoms with Crippen LogP contribution < -0.4 is 15.7 Å². The summed E-state index contributed by atoms with van der Waals surface area (Å²) < 4.78 is 9.15. The minimum Gasteiger partial charge on any atom is -0.492 e. The molecule has 0 amide bonds. The molecule has 0 unspecified atom stereocenters. The van der Waals surface area contributed by atoms with E-state index in [9.17, 15) is 4.79 Å². The van der Waals surface area contributed by atoms with Gasteiger partial charge in [0.05, 0.1) is 12.2 Å². The van der Waals surface area contributed by atoms with Crippen molar-refractivity contribution in [3.05, 3.63) is 69.6 Å². The fourth-order valence-electron chi connectivity index (χ4n) is 2.23. The Hall–Kier alpha value is -2.45. The highest BCUT2D eigenvalue weighted by Gasteiger charge is 2.08. The van der Waals surface area contributed by atoms with Crippen LogP contribution in [0.5, 0.6) is 5.75 Å². The molecule has 0 aliphatic carbocycles. The van der Waals surface area contributed by atoms with Crippen molar-refractivity contribution in [3.8, 4) is 11.4 Å². The molecule has 1 heterocycles. The summed E-state index contributed by atoms with van der Waals surface area (Å²) in [7, 11) is 0. The molecule has 130 valence electrons. The molecule has 2 aromatic carbocycles. The number of halogens is 1. The second kappa shape index (κ2) is 8.59. The number of aromatic nitrogens is 4. The average molecular weight is 404 g/mol. The maximum atomic E-state index is 12.3. The Morgan fingerprint density at radius 1 is 1.00 bits per heavy atom. The fraction of sp³-hybridized carbons (Fsp3) is 0.235. The SMILES string of the molecule is O=c1n(CCNCCOc2ccccc2)nnn1-c1ccc(Br)cc1. The molecule has 0 spiro atoms. The van der Waals surface area contributed by atoms with Gasteiger partial charge in [-0.1, -0.05) is 34.1 Å². The predicted octanol–water partition coefficient (Wildman–Crippen LogP) is 1.86. The van der Waals surface area contributed by atoms with E-state index in [1.807, 2.05) is 54.6 Å². The summed E-state index contributed by atoms with van der Waals surface area (Å²) >= 11 is 3.36. The van der Waals surface area contributed by atoms with Crippen LogP contribution in [0.15, 0.2) is 63.9 Å². The van der Waals surface area contributed by atoms with E-state index >= 15 is 0 Å². The number of hydrogen-bond acceptors (Lipinski definition) is 5. The van der Waals surface area contributed by atoms with Crippen LogP contribution in [0.1, 0.15) is 0 Å². The molecule has 7 nitrogen and oxygen atoms in total. The van der Waals surface area contributed by atoms with Gasteiger partial charge in [-0.15, -0.1) is 0 Å². The first-order chi connectivity index (χ1) is 12.2. The zero-order valence-corrected chi connectivity index (χ0v) is 15.1. The average Bonchev–Trinajstić information content (AvgIpc) is 3.00. The van der Waals surface area contributed by atoms with Gasteiger partial charge in [0.15, 0.2) is 0 Å². The maximum absolute atomic E-state index is 12.3. The van der Waals surface area contributed by atoms with Crippen LogP contribution in [0.2, 0.25) is 0 Å². The van der Waals surface area contributed by atoms with E-state index < -0.39 is 0 Å². The van der Waals surface area contributed by atoms with E-state index in [1.54, 1.807) is 0 Å². The lowest BCUT2D eigenvalue weighted by atomic mass is 10.3. The first-order valence-corrected chi connectivity index (χ1v) is 8.71. The molecule has 0 atom stereocenters. The van der Waals surface area contributed by atoms with Crippen LogP contribution in [0, 0.1) is 0 Å². The molecular formula is C17H18BrN5O2. The molecule has 0 aliphatic rings. The molecule has 0 saturated carbocycles. The number of hydrogen-bond donors (Lipinski definition) is 1. The van der Waals surface area contributed by atoms with Crippen LogP contribution in [0.4, 0.5) is 0 Å². The second-order valence-corrected chi connectivity index (χ2v) is 6.20. The third-order valence-corrected chi connectivity index (χ3v) is 4.03. The Labute approximate surface area is 153 Å². The summed E-state index contributed by atoms with van der Waals surface area (Å²) in [5, 5.41) is 11.1. The van der Waals surface area contributed by atoms with Gasteiger partial charge < -0.3 is 10.1 Å². The van der Waals surface area contributed by atoms with Crippen molar-refractivity contribution in [3.63, 3.8) is 0 Å². The van der Waals surface area contributed by atoms with Gasteiger partial charge in [-0.3, -0.25) is 0 Å². The highest BCUT2D eigenvalue weighted by molar-refractivity contribution is 9.10. The summed E-state index contributed by atoms with van der Waals surface area (Å²) in [5.41, 5.74) is 0.424. The van der Waals surface area contributed by atoms with E-state index in [0.29, 0.717) is 31.9 Å². The van der Waals surface area contributed by atoms with Crippen molar-refractivity contribution in [1.82, 2.24) is 25.1 Å². The van der Waals surface area contributed by atoms with Crippen molar-refractivity contribution >= 4 is 15.9 Å². The van der Waals surface area contributed by atoms with Gasteiger partial charge >= 0.3 is 5.69 Å². The first-order valence-electron chi connectivity index (χ1n) is 7.91. The van der Waals surface area contributed by atoms with Crippen LogP contribution >= 0.6 is 15.9 Å². The summed E-state index contributed by atoms with van der Waals surface area (Å²) in [4.78, 5) is 12.3. The van der Waals surface area contributed by atoms with Gasteiger partial charge in [0.2, 0.25) is 0 Å². The minimum atomic E-state index is -0.260. The first kappa shape index (κ1) is 17.4. The number of rotatable bonds is 8. The number of para-hydroxylation sites is 1. The molecule has 0 fully saturated rings. The van der Waals surface area contributed by atoms with Crippen molar-refractivity contribution in [2.24, 2.45) is 0 Å². The number of ether oxygens (including phenoxy) is 1. The Balaban J connectivity index is 1.45. The Bertz CT molecular complexity index is 845. The van der Waals surface area contributed by atoms with E-state index in [4.69, 9.17) is 4.74 Å². The van der Waals surface area contributed by atoms with Crippen molar-refractivity contribution in [1.29, 1.82) is 0 Å². The highest BCUT2D eigenvalue weighted by Crippen LogP contribution is 2.11. The molecule has 25 heavy (non-hydrogen) atoms. The number of nitrogens with zero attached hydrogens (tertiary/aromatic N) is 4. The zero-order valence-electron chi connectivity index (χ0n) is 13.5. The van der Waals surface area contributed by atoms with E-state index in [0.717, 1.165) is 10.2 Å². The molecule has 3 aromatic rings. The van der Waals surface area contributed by atoms with Crippen molar-refractivity contribution < 1.29 is 4.74 Å². The van der Waals surface area contributed by atoms with E-state index in [1.165, 1.54) is 9.36 Å². The Morgan fingerprint density at radius 3 is 2.52 bits per heavy atom. The summed E-state index contributed by atoms with van der Waals surface area (Å²) in [6.07, 6.45) is 0. The number of benzene rings is 2. The molecule has 1 aromatic heterocycles. The van der Waals surface area contributed by atoms with Crippen LogP contribution in [-0.2, 0) is 6.54 Å². The third-order valence-electron chi connectivity index (χ3n) is 3.50. The highest BCUT2D eigenvalue weighted by atomic mass is 79.9. The predicted molar refractivity (Wildman–Crippen MR) is 98.1 cm³/mol. The lowest BCUT2D eigenvalue weighted by Gasteiger charge is -2.06. The normalized spacial score (nSPS) is 10.8. The topological polar surface area (TPSA) is 74.0 Å². The molecule has 1 N–H and O–H groups in total. The van der Waals surface area contributed by atoms with Crippen molar-refractivity contribution in [2.45, 2.75) is 6.54 Å². The molecule has 0 bridgehead atoms. The van der Waals surface area contributed by atoms with Gasteiger partial charge in [0.25, 0.3) is 0 Å². The van der Waals surface area contributed by atoms with Gasteiger partial charge in [0.1, 0.15) is 12.4 Å². The van der Waals surface area contributed by atoms with Gasteiger partial charge in [0, 0.05) is 17.6 Å². The largest absolute Gasteiger partial charge is 0.492 e. The quantitative estimate of drug-likeness (QED) is 0.581. The molecule has 0 radical (unpaired) electrons. The fourth-order valence-corrected chi connectivity index (χ4v) is 2.49. The third kappa shape index (κ3) is 4.77. The molecule has 0 aliphatic heterocycles. The van der Waals surface area contributed by atoms with Gasteiger partial charge in [-0.05, 0) is 46.8 Å². The standard InChI is InChI=1S/C17H18BrN5O2/c18-14-6-8-15(9-7-14)23-17(24)22(20-21-23)12-10-19-11-13-25-16-4-2-1-3-5-16/h1-9,19H,10-13H2. The lowest BCUT2D eigenvalue weighted by molar-refractivity contribution is 0.312. The molecule has 3 rings (SSSR count). The number of nitrogens with one attached hydrogen (secondary N) is 1. The Kier molecular flexibility index (Phi) is 5.97. The Morgan fingerprint density at radius 2 is 1.76 bits per heavy atom. The van der Waals surface area contributed by atoms with Gasteiger partial charge in [-0.25, -0.2) is 4.79 Å². The van der Waals surface area contributed by atoms with Gasteiger partial charge in [-0.2, -0.15) is 9.36 Å². The monoisotopic (exact) mass is 403 g/mol. The number of tetrazole rings is 1.